The number of nitrogens with two attached hydrogens (primary N) is 1. The second-order valence-electron chi connectivity index (χ2n) is 17.3. The molecule has 0 aliphatic carbocycles. The van der Waals surface area contributed by atoms with Crippen molar-refractivity contribution < 1.29 is 28.8 Å². The Kier molecular flexibility index (Phi) is 11.1. The minimum Gasteiger partial charge on any atom is -0.371 e. The first-order valence-corrected chi connectivity index (χ1v) is 21.6. The summed E-state index contributed by atoms with van der Waals surface area (Å²) in [6.45, 7) is 9.29. The number of hydrogen-bond acceptors (Lipinski definition) is 12. The van der Waals surface area contributed by atoms with Gasteiger partial charge in [-0.05, 0) is 73.9 Å². The summed E-state index contributed by atoms with van der Waals surface area (Å²) in [4.78, 5) is 99.5. The average Bonchev–Trinajstić information content (AvgIpc) is 3.73. The van der Waals surface area contributed by atoms with Gasteiger partial charge in [0.15, 0.2) is 0 Å². The van der Waals surface area contributed by atoms with Crippen LogP contribution in [-0.4, -0.2) is 156 Å². The van der Waals surface area contributed by atoms with E-state index < -0.39 is 35.6 Å². The van der Waals surface area contributed by atoms with E-state index in [1.165, 1.54) is 0 Å². The van der Waals surface area contributed by atoms with Crippen molar-refractivity contribution in [1.82, 2.24) is 34.9 Å². The zero-order valence-electron chi connectivity index (χ0n) is 34.6. The van der Waals surface area contributed by atoms with E-state index in [0.29, 0.717) is 41.5 Å². The Morgan fingerprint density at radius 1 is 0.787 bits per heavy atom. The fourth-order valence-corrected chi connectivity index (χ4v) is 10.00. The largest absolute Gasteiger partial charge is 0.371 e. The number of fused-ring (bicyclic) bond motifs is 1. The summed E-state index contributed by atoms with van der Waals surface area (Å²) >= 11 is 0. The predicted molar refractivity (Wildman–Crippen MR) is 226 cm³/mol. The number of benzene rings is 2. The summed E-state index contributed by atoms with van der Waals surface area (Å²) in [5.41, 5.74) is 10.1. The first-order valence-electron chi connectivity index (χ1n) is 21.6. The Balaban J connectivity index is 0.781. The number of aromatic nitrogens is 2. The van der Waals surface area contributed by atoms with E-state index >= 15 is 0 Å². The molecule has 3 aromatic rings. The van der Waals surface area contributed by atoms with Gasteiger partial charge >= 0.3 is 6.03 Å². The van der Waals surface area contributed by atoms with Gasteiger partial charge in [0, 0.05) is 103 Å². The molecule has 7 amide bonds. The summed E-state index contributed by atoms with van der Waals surface area (Å²) in [7, 11) is 1.84. The second-order valence-corrected chi connectivity index (χ2v) is 17.3. The van der Waals surface area contributed by atoms with E-state index in [-0.39, 0.29) is 30.6 Å². The molecular formula is C44H53N11O6. The smallest absolute Gasteiger partial charge is 0.320 e. The molecule has 1 unspecified atom stereocenters. The molecule has 3 atom stereocenters. The molecule has 61 heavy (non-hydrogen) atoms. The van der Waals surface area contributed by atoms with Crippen molar-refractivity contribution in [2.75, 3.05) is 93.7 Å². The third kappa shape index (κ3) is 8.10. The average molecular weight is 832 g/mol. The summed E-state index contributed by atoms with van der Waals surface area (Å²) < 4.78 is 0. The quantitative estimate of drug-likeness (QED) is 0.283. The summed E-state index contributed by atoms with van der Waals surface area (Å²) in [6.07, 6.45) is 6.28. The molecule has 3 N–H and O–H groups in total. The van der Waals surface area contributed by atoms with Crippen LogP contribution in [0.2, 0.25) is 0 Å². The number of anilines is 3. The van der Waals surface area contributed by atoms with Gasteiger partial charge in [-0.1, -0.05) is 12.1 Å². The number of hydrogen-bond donors (Lipinski definition) is 2. The minimum absolute atomic E-state index is 0.0688. The van der Waals surface area contributed by atoms with Gasteiger partial charge in [0.25, 0.3) is 17.7 Å². The van der Waals surface area contributed by atoms with E-state index in [2.05, 4.69) is 54.2 Å². The lowest BCUT2D eigenvalue weighted by Crippen LogP contribution is -2.54. The molecule has 9 rings (SSSR count). The molecule has 6 aliphatic rings. The molecule has 2 aromatic carbocycles. The highest BCUT2D eigenvalue weighted by molar-refractivity contribution is 6.23. The Morgan fingerprint density at radius 2 is 1.52 bits per heavy atom. The standard InChI is InChI=1S/C44H53N11O6/c1-49-16-21-54(44(49)61)32-5-3-15-53(27-32)37-24-46-39(40(45)57)35(47-37)22-28-6-8-30(9-7-28)51-19-17-50(18-20-51)25-29-4-2-14-52(26-29)31-10-11-33-34(23-31)43(60)55(42(33)59)36-12-13-38(56)48-41(36)58/h6-11,23-24,29,32,36H,2-5,12-22,25-27H2,1H3,(H2,45,57)(H,48,56,58)/t29-,32-,36?/m1/s1. The van der Waals surface area contributed by atoms with E-state index in [1.807, 2.05) is 18.0 Å². The molecule has 17 nitrogen and oxygen atoms in total. The maximum atomic E-state index is 13.4. The van der Waals surface area contributed by atoms with Crippen LogP contribution in [0.15, 0.2) is 48.7 Å². The van der Waals surface area contributed by atoms with Gasteiger partial charge in [-0.3, -0.25) is 39.1 Å². The number of piperidine rings is 3. The molecule has 0 bridgehead atoms. The van der Waals surface area contributed by atoms with Crippen molar-refractivity contribution in [3.63, 3.8) is 0 Å². The topological polar surface area (TPSA) is 189 Å². The lowest BCUT2D eigenvalue weighted by Gasteiger charge is -2.40. The van der Waals surface area contributed by atoms with Crippen LogP contribution < -0.4 is 25.8 Å². The second kappa shape index (κ2) is 16.7. The van der Waals surface area contributed by atoms with Gasteiger partial charge in [-0.15, -0.1) is 0 Å². The van der Waals surface area contributed by atoms with Gasteiger partial charge in [0.2, 0.25) is 11.8 Å². The van der Waals surface area contributed by atoms with Gasteiger partial charge in [-0.2, -0.15) is 0 Å². The highest BCUT2D eigenvalue weighted by Crippen LogP contribution is 2.33. The number of rotatable bonds is 10. The molecule has 320 valence electrons. The van der Waals surface area contributed by atoms with Crippen LogP contribution in [0.3, 0.4) is 0 Å². The zero-order chi connectivity index (χ0) is 42.4. The Morgan fingerprint density at radius 3 is 2.26 bits per heavy atom. The number of amides is 7. The van der Waals surface area contributed by atoms with Gasteiger partial charge in [-0.25, -0.2) is 14.8 Å². The Bertz CT molecular complexity index is 2240. The van der Waals surface area contributed by atoms with Crippen LogP contribution in [0, 0.1) is 5.92 Å². The first kappa shape index (κ1) is 40.3. The predicted octanol–water partition coefficient (Wildman–Crippen LogP) is 1.94. The van der Waals surface area contributed by atoms with E-state index in [4.69, 9.17) is 10.7 Å². The number of nitrogens with zero attached hydrogens (tertiary/aromatic N) is 9. The number of carbonyl (C=O) groups excluding carboxylic acids is 6. The van der Waals surface area contributed by atoms with Crippen molar-refractivity contribution in [1.29, 1.82) is 0 Å². The molecule has 1 aromatic heterocycles. The number of urea groups is 1. The SMILES string of the molecule is CN1CCN([C@@H]2CCCN(c3cnc(C(N)=O)c(Cc4ccc(N5CCN(C[C@H]6CCCN(c7ccc8c(c7)C(=O)N(C7CCC(=O)NC7=O)C8=O)C6)CC5)cc4)n3)C2)C1=O. The number of imide groups is 2. The van der Waals surface area contributed by atoms with Crippen molar-refractivity contribution in [2.45, 2.75) is 57.0 Å². The molecule has 17 heteroatoms. The van der Waals surface area contributed by atoms with Crippen LogP contribution in [0.4, 0.5) is 22.0 Å². The van der Waals surface area contributed by atoms with Crippen molar-refractivity contribution >= 4 is 52.8 Å². The summed E-state index contributed by atoms with van der Waals surface area (Å²) in [6, 6.07) is 13.0. The van der Waals surface area contributed by atoms with Crippen LogP contribution >= 0.6 is 0 Å². The lowest BCUT2D eigenvalue weighted by atomic mass is 9.96. The molecule has 0 spiro atoms. The summed E-state index contributed by atoms with van der Waals surface area (Å²) in [5, 5.41) is 2.25. The molecule has 6 aliphatic heterocycles. The number of carbonyl (C=O) groups is 6. The molecule has 0 radical (unpaired) electrons. The third-order valence-corrected chi connectivity index (χ3v) is 13.3. The van der Waals surface area contributed by atoms with Crippen LogP contribution in [0.1, 0.15) is 81.0 Å². The van der Waals surface area contributed by atoms with Crippen LogP contribution in [0.25, 0.3) is 0 Å². The fourth-order valence-electron chi connectivity index (χ4n) is 10.00. The zero-order valence-corrected chi connectivity index (χ0v) is 34.6. The minimum atomic E-state index is -0.979. The number of likely N-dealkylation sites (N-methyl/N-ethyl adjacent to an activating group) is 1. The van der Waals surface area contributed by atoms with E-state index in [1.54, 1.807) is 23.2 Å². The monoisotopic (exact) mass is 831 g/mol. The molecule has 5 fully saturated rings. The normalized spacial score (nSPS) is 23.9. The van der Waals surface area contributed by atoms with Gasteiger partial charge in [0.05, 0.1) is 29.1 Å². The van der Waals surface area contributed by atoms with Crippen molar-refractivity contribution in [3.8, 4) is 0 Å². The molecular weight excluding hydrogens is 779 g/mol. The van der Waals surface area contributed by atoms with Crippen molar-refractivity contribution in [3.05, 3.63) is 76.7 Å². The summed E-state index contributed by atoms with van der Waals surface area (Å²) in [5.74, 6) is -1.44. The van der Waals surface area contributed by atoms with Gasteiger partial charge < -0.3 is 30.2 Å². The third-order valence-electron chi connectivity index (χ3n) is 13.3. The van der Waals surface area contributed by atoms with Crippen LogP contribution in [-0.2, 0) is 16.0 Å². The van der Waals surface area contributed by atoms with Crippen molar-refractivity contribution in [2.24, 2.45) is 11.7 Å². The molecule has 7 heterocycles. The Labute approximate surface area is 354 Å². The highest BCUT2D eigenvalue weighted by Gasteiger charge is 2.45. The maximum absolute atomic E-state index is 13.4. The van der Waals surface area contributed by atoms with Crippen LogP contribution in [0.5, 0.6) is 0 Å². The first-order chi connectivity index (χ1) is 29.5. The highest BCUT2D eigenvalue weighted by atomic mass is 16.2. The number of primary amides is 1. The Hall–Kier alpha value is -6.10. The van der Waals surface area contributed by atoms with E-state index in [0.717, 1.165) is 113 Å². The molecule has 5 saturated heterocycles. The number of piperazine rings is 1. The maximum Gasteiger partial charge on any atom is 0.320 e. The molecule has 0 saturated carbocycles. The van der Waals surface area contributed by atoms with E-state index in [9.17, 15) is 28.8 Å². The van der Waals surface area contributed by atoms with Gasteiger partial charge in [0.1, 0.15) is 17.6 Å². The fraction of sp³-hybridized carbons (Fsp3) is 0.500. The lowest BCUT2D eigenvalue weighted by molar-refractivity contribution is -0.136. The number of nitrogens with one attached hydrogen (secondary N) is 1.